The van der Waals surface area contributed by atoms with Gasteiger partial charge >= 0.3 is 0 Å². The summed E-state index contributed by atoms with van der Waals surface area (Å²) >= 11 is 0. The Bertz CT molecular complexity index is 850. The highest BCUT2D eigenvalue weighted by Gasteiger charge is 2.08. The van der Waals surface area contributed by atoms with E-state index in [0.717, 1.165) is 5.69 Å². The molecule has 2 aromatic heterocycles. The molecule has 2 heterocycles. The third-order valence-electron chi connectivity index (χ3n) is 3.26. The number of aromatic nitrogens is 4. The molecule has 0 atom stereocenters. The van der Waals surface area contributed by atoms with E-state index >= 15 is 0 Å². The molecular weight excluding hydrogens is 271 g/mol. The first-order valence-corrected chi connectivity index (χ1v) is 6.75. The third-order valence-corrected chi connectivity index (χ3v) is 3.26. The first-order chi connectivity index (χ1) is 10.0. The number of aromatic amines is 1. The molecule has 1 aromatic carbocycles. The van der Waals surface area contributed by atoms with Gasteiger partial charge in [0.25, 0.3) is 5.56 Å². The van der Waals surface area contributed by atoms with Crippen molar-refractivity contribution in [1.82, 2.24) is 19.7 Å². The van der Waals surface area contributed by atoms with Gasteiger partial charge in [0.1, 0.15) is 11.6 Å². The van der Waals surface area contributed by atoms with E-state index < -0.39 is 5.82 Å². The van der Waals surface area contributed by atoms with Crippen molar-refractivity contribution >= 4 is 10.9 Å². The molecule has 108 valence electrons. The Morgan fingerprint density at radius 1 is 1.33 bits per heavy atom. The van der Waals surface area contributed by atoms with Crippen LogP contribution in [0.5, 0.6) is 0 Å². The number of hydrogen-bond donors (Lipinski definition) is 1. The molecule has 0 aliphatic carbocycles. The van der Waals surface area contributed by atoms with Gasteiger partial charge in [-0.15, -0.1) is 0 Å². The lowest BCUT2D eigenvalue weighted by Crippen LogP contribution is -2.12. The van der Waals surface area contributed by atoms with Crippen LogP contribution >= 0.6 is 0 Å². The van der Waals surface area contributed by atoms with E-state index in [1.165, 1.54) is 18.2 Å². The van der Waals surface area contributed by atoms with E-state index in [1.54, 1.807) is 0 Å². The Kier molecular flexibility index (Phi) is 3.29. The van der Waals surface area contributed by atoms with Crippen LogP contribution in [0.2, 0.25) is 0 Å². The highest BCUT2D eigenvalue weighted by molar-refractivity contribution is 5.77. The largest absolute Gasteiger partial charge is 0.310 e. The number of fused-ring (bicyclic) bond motifs is 1. The first kappa shape index (κ1) is 13.5. The molecule has 0 spiro atoms. The summed E-state index contributed by atoms with van der Waals surface area (Å²) in [4.78, 5) is 19.0. The van der Waals surface area contributed by atoms with Crippen molar-refractivity contribution < 1.29 is 4.39 Å². The molecule has 0 unspecified atom stereocenters. The smallest absolute Gasteiger partial charge is 0.258 e. The molecule has 3 rings (SSSR count). The van der Waals surface area contributed by atoms with Gasteiger partial charge in [0.2, 0.25) is 0 Å². The van der Waals surface area contributed by atoms with Gasteiger partial charge in [-0.25, -0.2) is 9.37 Å². The van der Waals surface area contributed by atoms with Gasteiger partial charge in [-0.1, -0.05) is 0 Å². The van der Waals surface area contributed by atoms with Crippen LogP contribution in [-0.4, -0.2) is 19.7 Å². The van der Waals surface area contributed by atoms with Crippen molar-refractivity contribution in [2.75, 3.05) is 0 Å². The van der Waals surface area contributed by atoms with E-state index in [9.17, 15) is 9.18 Å². The number of hydrogen-bond acceptors (Lipinski definition) is 3. The van der Waals surface area contributed by atoms with Gasteiger partial charge in [-0.2, -0.15) is 5.10 Å². The van der Waals surface area contributed by atoms with E-state index in [0.29, 0.717) is 23.1 Å². The van der Waals surface area contributed by atoms with Crippen molar-refractivity contribution in [1.29, 1.82) is 0 Å². The van der Waals surface area contributed by atoms with Crippen molar-refractivity contribution in [3.63, 3.8) is 0 Å². The summed E-state index contributed by atoms with van der Waals surface area (Å²) in [6.45, 7) is 4.07. The predicted molar refractivity (Wildman–Crippen MR) is 77.7 cm³/mol. The minimum atomic E-state index is -0.407. The van der Waals surface area contributed by atoms with Crippen molar-refractivity contribution in [2.24, 2.45) is 0 Å². The number of rotatable bonds is 3. The molecule has 5 nitrogen and oxygen atoms in total. The highest BCUT2D eigenvalue weighted by atomic mass is 19.1. The van der Waals surface area contributed by atoms with Gasteiger partial charge < -0.3 is 4.98 Å². The number of nitrogens with zero attached hydrogens (tertiary/aromatic N) is 3. The number of halogens is 1. The molecule has 21 heavy (non-hydrogen) atoms. The highest BCUT2D eigenvalue weighted by Crippen LogP contribution is 2.11. The standard InChI is InChI=1S/C15H15FN4O/c1-9(2)20-6-5-11(19-20)8-14-17-13-7-10(16)3-4-12(13)15(21)18-14/h3-7,9H,8H2,1-2H3,(H,17,18,21). The summed E-state index contributed by atoms with van der Waals surface area (Å²) in [6, 6.07) is 6.12. The molecule has 0 saturated carbocycles. The molecule has 0 amide bonds. The predicted octanol–water partition coefficient (Wildman–Crippen LogP) is 2.43. The Morgan fingerprint density at radius 3 is 2.86 bits per heavy atom. The van der Waals surface area contributed by atoms with E-state index in [-0.39, 0.29) is 11.6 Å². The minimum Gasteiger partial charge on any atom is -0.310 e. The molecule has 3 aromatic rings. The molecule has 0 aliphatic heterocycles. The fraction of sp³-hybridized carbons (Fsp3) is 0.267. The normalized spacial score (nSPS) is 11.4. The lowest BCUT2D eigenvalue weighted by molar-refractivity contribution is 0.527. The maximum Gasteiger partial charge on any atom is 0.258 e. The van der Waals surface area contributed by atoms with Crippen LogP contribution in [0.4, 0.5) is 4.39 Å². The van der Waals surface area contributed by atoms with Crippen LogP contribution in [0.25, 0.3) is 10.9 Å². The summed E-state index contributed by atoms with van der Waals surface area (Å²) in [5.41, 5.74) is 0.901. The van der Waals surface area contributed by atoms with Crippen LogP contribution in [0, 0.1) is 5.82 Å². The number of nitrogens with one attached hydrogen (secondary N) is 1. The average molecular weight is 286 g/mol. The Hall–Kier alpha value is -2.50. The second-order valence-electron chi connectivity index (χ2n) is 5.23. The van der Waals surface area contributed by atoms with E-state index in [4.69, 9.17) is 0 Å². The summed E-state index contributed by atoms with van der Waals surface area (Å²) in [6.07, 6.45) is 2.29. The molecule has 0 bridgehead atoms. The van der Waals surface area contributed by atoms with Crippen molar-refractivity contribution in [2.45, 2.75) is 26.3 Å². The molecule has 0 aliphatic rings. The number of benzene rings is 1. The van der Waals surface area contributed by atoms with Gasteiger partial charge in [0.05, 0.1) is 23.0 Å². The molecule has 0 fully saturated rings. The summed E-state index contributed by atoms with van der Waals surface area (Å²) in [7, 11) is 0. The van der Waals surface area contributed by atoms with Gasteiger partial charge in [-0.3, -0.25) is 9.48 Å². The Labute approximate surface area is 120 Å². The molecule has 0 saturated heterocycles. The third kappa shape index (κ3) is 2.69. The van der Waals surface area contributed by atoms with Crippen LogP contribution in [-0.2, 0) is 6.42 Å². The van der Waals surface area contributed by atoms with Gasteiger partial charge in [0.15, 0.2) is 0 Å². The van der Waals surface area contributed by atoms with E-state index in [1.807, 2.05) is 30.8 Å². The SMILES string of the molecule is CC(C)n1ccc(Cc2nc3cc(F)ccc3c(=O)[nH]2)n1. The van der Waals surface area contributed by atoms with Crippen LogP contribution < -0.4 is 5.56 Å². The average Bonchev–Trinajstić information content (AvgIpc) is 2.86. The van der Waals surface area contributed by atoms with E-state index in [2.05, 4.69) is 15.1 Å². The summed E-state index contributed by atoms with van der Waals surface area (Å²) in [5.74, 6) is 0.0720. The maximum absolute atomic E-state index is 13.3. The fourth-order valence-corrected chi connectivity index (χ4v) is 2.18. The van der Waals surface area contributed by atoms with Gasteiger partial charge in [0, 0.05) is 18.3 Å². The molecule has 0 radical (unpaired) electrons. The summed E-state index contributed by atoms with van der Waals surface area (Å²) in [5, 5.41) is 4.80. The Balaban J connectivity index is 1.98. The lowest BCUT2D eigenvalue weighted by atomic mass is 10.2. The minimum absolute atomic E-state index is 0.265. The number of H-pyrrole nitrogens is 1. The zero-order chi connectivity index (χ0) is 15.0. The van der Waals surface area contributed by atoms with Crippen LogP contribution in [0.3, 0.4) is 0 Å². The maximum atomic E-state index is 13.3. The van der Waals surface area contributed by atoms with Crippen molar-refractivity contribution in [3.8, 4) is 0 Å². The van der Waals surface area contributed by atoms with Crippen LogP contribution in [0.15, 0.2) is 35.3 Å². The first-order valence-electron chi connectivity index (χ1n) is 6.75. The fourth-order valence-electron chi connectivity index (χ4n) is 2.18. The van der Waals surface area contributed by atoms with Crippen LogP contribution in [0.1, 0.15) is 31.4 Å². The zero-order valence-electron chi connectivity index (χ0n) is 11.8. The zero-order valence-corrected chi connectivity index (χ0v) is 11.8. The topological polar surface area (TPSA) is 63.6 Å². The molecular formula is C15H15FN4O. The monoisotopic (exact) mass is 286 g/mol. The lowest BCUT2D eigenvalue weighted by Gasteiger charge is -2.04. The summed E-state index contributed by atoms with van der Waals surface area (Å²) < 4.78 is 15.1. The molecule has 1 N–H and O–H groups in total. The Morgan fingerprint density at radius 2 is 2.14 bits per heavy atom. The molecule has 6 heteroatoms. The quantitative estimate of drug-likeness (QED) is 0.804. The second-order valence-corrected chi connectivity index (χ2v) is 5.23. The second kappa shape index (κ2) is 5.12. The van der Waals surface area contributed by atoms with Gasteiger partial charge in [-0.05, 0) is 32.0 Å². The van der Waals surface area contributed by atoms with Crippen molar-refractivity contribution in [3.05, 3.63) is 58.2 Å².